The summed E-state index contributed by atoms with van der Waals surface area (Å²) in [6.45, 7) is -1.31. The van der Waals surface area contributed by atoms with Crippen molar-refractivity contribution in [2.75, 3.05) is 43.8 Å². The molecule has 0 radical (unpaired) electrons. The second kappa shape index (κ2) is 30.5. The van der Waals surface area contributed by atoms with E-state index in [2.05, 4.69) is 31.9 Å². The van der Waals surface area contributed by atoms with Crippen molar-refractivity contribution in [3.05, 3.63) is 0 Å². The van der Waals surface area contributed by atoms with Crippen LogP contribution in [0.5, 0.6) is 0 Å². The van der Waals surface area contributed by atoms with Gasteiger partial charge >= 0.3 is 17.9 Å². The Morgan fingerprint density at radius 1 is 0.618 bits per heavy atom. The van der Waals surface area contributed by atoms with Crippen LogP contribution in [-0.4, -0.2) is 211 Å². The largest absolute Gasteiger partial charge is 0.481 e. The van der Waals surface area contributed by atoms with Gasteiger partial charge in [-0.2, -0.15) is 23.5 Å². The maximum atomic E-state index is 14.0. The minimum Gasteiger partial charge on any atom is -0.481 e. The van der Waals surface area contributed by atoms with Crippen molar-refractivity contribution in [1.29, 1.82) is 0 Å². The monoisotopic (exact) mass is 1010 g/mol. The molecular weight excluding hydrogens is 949 g/mol. The molecule has 0 aliphatic carbocycles. The maximum Gasteiger partial charge on any atom is 0.328 e. The molecule has 0 bridgehead atoms. The number of amides is 9. The molecule has 0 aromatic rings. The molecule has 68 heavy (non-hydrogen) atoms. The van der Waals surface area contributed by atoms with Crippen LogP contribution in [0.3, 0.4) is 0 Å². The molecule has 1 saturated heterocycles. The van der Waals surface area contributed by atoms with Crippen LogP contribution in [0, 0.1) is 0 Å². The zero-order chi connectivity index (χ0) is 51.8. The van der Waals surface area contributed by atoms with E-state index in [-0.39, 0.29) is 38.0 Å². The second-order valence-electron chi connectivity index (χ2n) is 15.4. The number of aliphatic hydroxyl groups is 3. The van der Waals surface area contributed by atoms with Crippen molar-refractivity contribution in [3.8, 4) is 0 Å². The molecule has 1 aliphatic rings. The summed E-state index contributed by atoms with van der Waals surface area (Å²) >= 11 is 2.62. The molecule has 10 atom stereocenters. The van der Waals surface area contributed by atoms with Crippen molar-refractivity contribution < 1.29 is 88.2 Å². The third-order valence-corrected chi connectivity index (χ3v) is 11.3. The predicted molar refractivity (Wildman–Crippen MR) is 239 cm³/mol. The Morgan fingerprint density at radius 2 is 1.09 bits per heavy atom. The van der Waals surface area contributed by atoms with Gasteiger partial charge in [0.1, 0.15) is 42.3 Å². The number of aliphatic hydroxyl groups excluding tert-OH is 3. The summed E-state index contributed by atoms with van der Waals surface area (Å²) in [7, 11) is 0. The number of rotatable bonds is 32. The molecule has 28 nitrogen and oxygen atoms in total. The summed E-state index contributed by atoms with van der Waals surface area (Å²) in [5, 5.41) is 73.2. The summed E-state index contributed by atoms with van der Waals surface area (Å²) in [5.41, 5.74) is 11.1. The van der Waals surface area contributed by atoms with E-state index in [1.54, 1.807) is 12.5 Å². The van der Waals surface area contributed by atoms with Gasteiger partial charge in [0, 0.05) is 13.0 Å². The molecule has 30 heteroatoms. The number of carboxylic acids is 3. The fourth-order valence-electron chi connectivity index (χ4n) is 6.37. The second-order valence-corrected chi connectivity index (χ2v) is 17.3. The van der Waals surface area contributed by atoms with E-state index in [9.17, 15) is 88.2 Å². The van der Waals surface area contributed by atoms with Crippen LogP contribution in [-0.2, 0) is 57.5 Å². The van der Waals surface area contributed by atoms with Gasteiger partial charge in [-0.25, -0.2) is 4.79 Å². The minimum atomic E-state index is -1.89. The topological polar surface area (TPSA) is 466 Å². The first-order valence-corrected chi connectivity index (χ1v) is 23.7. The predicted octanol–water partition coefficient (Wildman–Crippen LogP) is -7.13. The molecule has 1 aliphatic heterocycles. The number of carbonyl (C=O) groups is 12. The van der Waals surface area contributed by atoms with Crippen LogP contribution in [0.1, 0.15) is 58.3 Å². The van der Waals surface area contributed by atoms with Gasteiger partial charge < -0.3 is 84.2 Å². The van der Waals surface area contributed by atoms with Crippen molar-refractivity contribution in [2.45, 2.75) is 119 Å². The molecule has 0 unspecified atom stereocenters. The first-order chi connectivity index (χ1) is 31.9. The Hall–Kier alpha value is -5.82. The van der Waals surface area contributed by atoms with Gasteiger partial charge in [-0.15, -0.1) is 0 Å². The molecule has 1 fully saturated rings. The highest BCUT2D eigenvalue weighted by Crippen LogP contribution is 2.20. The van der Waals surface area contributed by atoms with Gasteiger partial charge in [0.2, 0.25) is 53.2 Å². The van der Waals surface area contributed by atoms with E-state index in [4.69, 9.17) is 11.5 Å². The number of carboxylic acid groups (broad SMARTS) is 3. The van der Waals surface area contributed by atoms with E-state index in [1.807, 2.05) is 5.32 Å². The van der Waals surface area contributed by atoms with Gasteiger partial charge in [0.05, 0.1) is 38.2 Å². The van der Waals surface area contributed by atoms with Gasteiger partial charge in [-0.1, -0.05) is 0 Å². The molecule has 384 valence electrons. The van der Waals surface area contributed by atoms with Gasteiger partial charge in [0.15, 0.2) is 6.04 Å². The summed E-state index contributed by atoms with van der Waals surface area (Å²) in [6.07, 6.45) is -1.15. The summed E-state index contributed by atoms with van der Waals surface area (Å²) in [4.78, 5) is 154. The van der Waals surface area contributed by atoms with E-state index in [1.165, 1.54) is 23.5 Å². The zero-order valence-electron chi connectivity index (χ0n) is 37.5. The van der Waals surface area contributed by atoms with E-state index < -0.39 is 170 Å². The lowest BCUT2D eigenvalue weighted by molar-refractivity contribution is -0.147. The SMILES string of the molecule is CSCC[C@H](NC(=O)[C@H](CO)NC(=O)[C@H](CC(N)=O)NC(=O)[C@@H](N)CCSC)C(=O)N[C@@H](CC(=O)O)C(=O)N1CCC[C@H]1C(=O)N[C@@H](CCC(=O)O)C(=O)N[C@@H](CO)C(=O)N[C@H](C(=O)O)[C@@H](C)O. The Kier molecular flexibility index (Phi) is 27.0. The zero-order valence-corrected chi connectivity index (χ0v) is 39.1. The number of nitrogens with one attached hydrogen (secondary N) is 7. The average Bonchev–Trinajstić information content (AvgIpc) is 3.77. The third kappa shape index (κ3) is 20.6. The lowest BCUT2D eigenvalue weighted by Gasteiger charge is -2.30. The van der Waals surface area contributed by atoms with Crippen molar-refractivity contribution >= 4 is 94.6 Å². The third-order valence-electron chi connectivity index (χ3n) is 10.0. The van der Waals surface area contributed by atoms with Crippen LogP contribution in [0.4, 0.5) is 0 Å². The number of carbonyl (C=O) groups excluding carboxylic acids is 9. The molecule has 0 aromatic heterocycles. The fraction of sp³-hybridized carbons (Fsp3) is 0.684. The smallest absolute Gasteiger partial charge is 0.328 e. The standard InChI is InChI=1S/C38H62N10O18S2/c1-17(51)29(38(65)66)47-35(62)24(16-50)45-31(58)19(6-7-27(53)54)42-36(63)25-5-4-10-48(25)37(64)22(14-28(55)56)44-32(59)20(9-12-68-3)41-34(61)23(15-49)46-33(60)21(13-26(40)52)43-30(57)18(39)8-11-67-2/h17-25,29,49-51H,4-16,39H2,1-3H3,(H2,40,52)(H,41,61)(H,42,63)(H,43,57)(H,44,59)(H,45,58)(H,46,60)(H,47,62)(H,53,54)(H,55,56)(H,65,66)/t17-,18+,19+,20+,21+,22+,23+,24+,25+,29+/m1/s1. The first-order valence-electron chi connectivity index (χ1n) is 20.9. The molecular formula is C38H62N10O18S2. The van der Waals surface area contributed by atoms with E-state index >= 15 is 0 Å². The number of nitrogens with zero attached hydrogens (tertiary/aromatic N) is 1. The summed E-state index contributed by atoms with van der Waals surface area (Å²) < 4.78 is 0. The minimum absolute atomic E-state index is 0.0777. The molecule has 1 heterocycles. The van der Waals surface area contributed by atoms with Gasteiger partial charge in [0.25, 0.3) is 0 Å². The normalized spacial score (nSPS) is 17.2. The lowest BCUT2D eigenvalue weighted by atomic mass is 10.1. The Bertz CT molecular complexity index is 1830. The highest BCUT2D eigenvalue weighted by atomic mass is 32.2. The van der Waals surface area contributed by atoms with Gasteiger partial charge in [-0.05, 0) is 63.0 Å². The number of likely N-dealkylation sites (tertiary alicyclic amines) is 1. The first kappa shape index (κ1) is 60.2. The number of thioether (sulfide) groups is 2. The van der Waals surface area contributed by atoms with Gasteiger partial charge in [-0.3, -0.25) is 52.7 Å². The van der Waals surface area contributed by atoms with Crippen LogP contribution in [0.25, 0.3) is 0 Å². The number of nitrogens with two attached hydrogens (primary N) is 2. The van der Waals surface area contributed by atoms with Crippen LogP contribution in [0.15, 0.2) is 0 Å². The van der Waals surface area contributed by atoms with E-state index in [0.717, 1.165) is 11.8 Å². The summed E-state index contributed by atoms with van der Waals surface area (Å²) in [5.74, 6) is -13.8. The molecule has 17 N–H and O–H groups in total. The highest BCUT2D eigenvalue weighted by molar-refractivity contribution is 7.98. The lowest BCUT2D eigenvalue weighted by Crippen LogP contribution is -2.61. The average molecular weight is 1010 g/mol. The Labute approximate surface area is 397 Å². The fourth-order valence-corrected chi connectivity index (χ4v) is 7.33. The number of hydrogen-bond donors (Lipinski definition) is 15. The van der Waals surface area contributed by atoms with Crippen LogP contribution >= 0.6 is 23.5 Å². The molecule has 1 rings (SSSR count). The Balaban J connectivity index is 3.31. The maximum absolute atomic E-state index is 14.0. The quantitative estimate of drug-likeness (QED) is 0.0298. The molecule has 0 spiro atoms. The van der Waals surface area contributed by atoms with Crippen LogP contribution < -0.4 is 48.7 Å². The molecule has 0 aromatic carbocycles. The number of hydrogen-bond acceptors (Lipinski definition) is 18. The van der Waals surface area contributed by atoms with Crippen LogP contribution in [0.2, 0.25) is 0 Å². The molecule has 9 amide bonds. The molecule has 0 saturated carbocycles. The number of aliphatic carboxylic acids is 3. The van der Waals surface area contributed by atoms with Crippen molar-refractivity contribution in [1.82, 2.24) is 42.1 Å². The van der Waals surface area contributed by atoms with E-state index in [0.29, 0.717) is 5.75 Å². The summed E-state index contributed by atoms with van der Waals surface area (Å²) in [6, 6.07) is -14.8. The van der Waals surface area contributed by atoms with Crippen molar-refractivity contribution in [2.24, 2.45) is 11.5 Å². The number of primary amides is 1. The van der Waals surface area contributed by atoms with Crippen molar-refractivity contribution in [3.63, 3.8) is 0 Å². The highest BCUT2D eigenvalue weighted by Gasteiger charge is 2.41. The Morgan fingerprint density at radius 3 is 1.57 bits per heavy atom.